The maximum absolute atomic E-state index is 11.4. The lowest BCUT2D eigenvalue weighted by Gasteiger charge is -2.03. The molecule has 5 nitrogen and oxygen atoms in total. The lowest BCUT2D eigenvalue weighted by Crippen LogP contribution is -2.07. The highest BCUT2D eigenvalue weighted by atomic mass is 32.2. The monoisotopic (exact) mass is 278 g/mol. The number of aromatic nitrogens is 2. The summed E-state index contributed by atoms with van der Waals surface area (Å²) in [5.41, 5.74) is 2.26. The molecular formula is C13H14N2O3S. The highest BCUT2D eigenvalue weighted by Gasteiger charge is 2.28. The molecule has 0 aromatic carbocycles. The van der Waals surface area contributed by atoms with Crippen molar-refractivity contribution in [2.75, 3.05) is 11.5 Å². The van der Waals surface area contributed by atoms with Crippen LogP contribution in [0.3, 0.4) is 0 Å². The minimum Gasteiger partial charge on any atom is -0.306 e. The van der Waals surface area contributed by atoms with Crippen molar-refractivity contribution in [3.05, 3.63) is 35.8 Å². The lowest BCUT2D eigenvalue weighted by molar-refractivity contribution is 0.112. The molecule has 3 heterocycles. The molecule has 0 spiro atoms. The van der Waals surface area contributed by atoms with Gasteiger partial charge in [-0.15, -0.1) is 0 Å². The number of hydrogen-bond donors (Lipinski definition) is 0. The third-order valence-electron chi connectivity index (χ3n) is 3.48. The highest BCUT2D eigenvalue weighted by Crippen LogP contribution is 2.22. The van der Waals surface area contributed by atoms with E-state index in [1.54, 1.807) is 18.3 Å². The Morgan fingerprint density at radius 1 is 1.37 bits per heavy atom. The topological polar surface area (TPSA) is 68.5 Å². The largest absolute Gasteiger partial charge is 0.306 e. The molecule has 0 radical (unpaired) electrons. The van der Waals surface area contributed by atoms with Crippen LogP contribution >= 0.6 is 0 Å². The molecule has 2 aromatic heterocycles. The van der Waals surface area contributed by atoms with Crippen molar-refractivity contribution < 1.29 is 13.2 Å². The lowest BCUT2D eigenvalue weighted by atomic mass is 10.0. The summed E-state index contributed by atoms with van der Waals surface area (Å²) in [5.74, 6) is 0.723. The van der Waals surface area contributed by atoms with Crippen molar-refractivity contribution in [1.82, 2.24) is 9.38 Å². The van der Waals surface area contributed by atoms with Gasteiger partial charge in [0.05, 0.1) is 17.2 Å². The van der Waals surface area contributed by atoms with Crippen molar-refractivity contribution in [1.29, 1.82) is 0 Å². The molecule has 1 unspecified atom stereocenters. The molecule has 1 saturated heterocycles. The predicted octanol–water partition coefficient (Wildman–Crippen LogP) is 1.12. The Kier molecular flexibility index (Phi) is 2.89. The number of hydrogen-bond acceptors (Lipinski definition) is 4. The number of carbonyl (C=O) groups is 1. The van der Waals surface area contributed by atoms with E-state index in [9.17, 15) is 13.2 Å². The minimum absolute atomic E-state index is 0.167. The number of rotatable bonds is 3. The summed E-state index contributed by atoms with van der Waals surface area (Å²) >= 11 is 0. The average Bonchev–Trinajstić information content (AvgIpc) is 2.91. The SMILES string of the molecule is O=Cc1ccc2nc(CC3CCS(=O)(=O)C3)cn2c1. The molecule has 0 amide bonds. The first-order valence-corrected chi connectivity index (χ1v) is 8.01. The van der Waals surface area contributed by atoms with Crippen LogP contribution in [0.15, 0.2) is 24.5 Å². The summed E-state index contributed by atoms with van der Waals surface area (Å²) in [5, 5.41) is 0. The van der Waals surface area contributed by atoms with Crippen LogP contribution in [0.5, 0.6) is 0 Å². The second-order valence-corrected chi connectivity index (χ2v) is 7.28. The number of sulfone groups is 1. The summed E-state index contributed by atoms with van der Waals surface area (Å²) in [6, 6.07) is 3.51. The van der Waals surface area contributed by atoms with Crippen molar-refractivity contribution in [2.45, 2.75) is 12.8 Å². The van der Waals surface area contributed by atoms with Gasteiger partial charge in [0.25, 0.3) is 0 Å². The maximum atomic E-state index is 11.4. The molecule has 0 saturated carbocycles. The Morgan fingerprint density at radius 2 is 2.21 bits per heavy atom. The first-order chi connectivity index (χ1) is 9.05. The fraction of sp³-hybridized carbons (Fsp3) is 0.385. The zero-order valence-electron chi connectivity index (χ0n) is 10.3. The number of fused-ring (bicyclic) bond motifs is 1. The van der Waals surface area contributed by atoms with E-state index < -0.39 is 9.84 Å². The van der Waals surface area contributed by atoms with Gasteiger partial charge in [0, 0.05) is 18.0 Å². The maximum Gasteiger partial charge on any atom is 0.151 e. The molecule has 19 heavy (non-hydrogen) atoms. The average molecular weight is 278 g/mol. The van der Waals surface area contributed by atoms with Gasteiger partial charge < -0.3 is 4.40 Å². The Hall–Kier alpha value is -1.69. The molecule has 0 aliphatic carbocycles. The number of imidazole rings is 1. The first-order valence-electron chi connectivity index (χ1n) is 6.19. The van der Waals surface area contributed by atoms with E-state index >= 15 is 0 Å². The predicted molar refractivity (Wildman–Crippen MR) is 71.0 cm³/mol. The molecule has 3 rings (SSSR count). The van der Waals surface area contributed by atoms with E-state index in [1.165, 1.54) is 0 Å². The molecule has 6 heteroatoms. The second-order valence-electron chi connectivity index (χ2n) is 5.05. The van der Waals surface area contributed by atoms with Gasteiger partial charge in [-0.25, -0.2) is 13.4 Å². The molecule has 1 aliphatic heterocycles. The van der Waals surface area contributed by atoms with Gasteiger partial charge in [0.1, 0.15) is 5.65 Å². The molecule has 0 bridgehead atoms. The van der Waals surface area contributed by atoms with Crippen molar-refractivity contribution >= 4 is 21.8 Å². The van der Waals surface area contributed by atoms with Crippen LogP contribution in [0.2, 0.25) is 0 Å². The van der Waals surface area contributed by atoms with Gasteiger partial charge in [0.15, 0.2) is 16.1 Å². The van der Waals surface area contributed by atoms with Crippen LogP contribution in [-0.2, 0) is 16.3 Å². The van der Waals surface area contributed by atoms with E-state index in [1.807, 2.05) is 10.6 Å². The molecule has 1 fully saturated rings. The Balaban J connectivity index is 1.84. The third kappa shape index (κ3) is 2.53. The van der Waals surface area contributed by atoms with Crippen LogP contribution in [-0.4, -0.2) is 35.6 Å². The number of nitrogens with zero attached hydrogens (tertiary/aromatic N) is 2. The van der Waals surface area contributed by atoms with Gasteiger partial charge >= 0.3 is 0 Å². The standard InChI is InChI=1S/C13H14N2O3S/c16-8-11-1-2-13-14-12(7-15(13)6-11)5-10-3-4-19(17,18)9-10/h1-2,6-8,10H,3-5,9H2. The van der Waals surface area contributed by atoms with E-state index in [4.69, 9.17) is 0 Å². The molecule has 2 aromatic rings. The normalized spacial score (nSPS) is 21.8. The first kappa shape index (κ1) is 12.3. The molecular weight excluding hydrogens is 264 g/mol. The van der Waals surface area contributed by atoms with Crippen molar-refractivity contribution in [3.8, 4) is 0 Å². The summed E-state index contributed by atoms with van der Waals surface area (Å²) in [7, 11) is -2.84. The number of aldehydes is 1. The molecule has 100 valence electrons. The highest BCUT2D eigenvalue weighted by molar-refractivity contribution is 7.91. The van der Waals surface area contributed by atoms with Gasteiger partial charge in [-0.1, -0.05) is 0 Å². The van der Waals surface area contributed by atoms with Crippen molar-refractivity contribution in [2.24, 2.45) is 5.92 Å². The van der Waals surface area contributed by atoms with Crippen LogP contribution in [0, 0.1) is 5.92 Å². The van der Waals surface area contributed by atoms with E-state index in [0.29, 0.717) is 17.7 Å². The third-order valence-corrected chi connectivity index (χ3v) is 5.32. The van der Waals surface area contributed by atoms with E-state index in [0.717, 1.165) is 24.0 Å². The molecule has 1 aliphatic rings. The van der Waals surface area contributed by atoms with Crippen LogP contribution in [0.25, 0.3) is 5.65 Å². The summed E-state index contributed by atoms with van der Waals surface area (Å²) in [6.45, 7) is 0. The van der Waals surface area contributed by atoms with Crippen LogP contribution in [0.4, 0.5) is 0 Å². The Morgan fingerprint density at radius 3 is 2.89 bits per heavy atom. The quantitative estimate of drug-likeness (QED) is 0.789. The van der Waals surface area contributed by atoms with Gasteiger partial charge in [-0.05, 0) is 30.9 Å². The molecule has 0 N–H and O–H groups in total. The van der Waals surface area contributed by atoms with Gasteiger partial charge in [-0.2, -0.15) is 0 Å². The van der Waals surface area contributed by atoms with Crippen LogP contribution < -0.4 is 0 Å². The summed E-state index contributed by atoms with van der Waals surface area (Å²) < 4.78 is 24.7. The fourth-order valence-electron chi connectivity index (χ4n) is 2.56. The van der Waals surface area contributed by atoms with E-state index in [2.05, 4.69) is 4.98 Å². The fourth-order valence-corrected chi connectivity index (χ4v) is 4.42. The second kappa shape index (κ2) is 4.45. The summed E-state index contributed by atoms with van der Waals surface area (Å²) in [4.78, 5) is 15.2. The Bertz CT molecular complexity index is 733. The van der Waals surface area contributed by atoms with E-state index in [-0.39, 0.29) is 11.7 Å². The zero-order valence-corrected chi connectivity index (χ0v) is 11.1. The number of pyridine rings is 1. The Labute approximate surface area is 111 Å². The smallest absolute Gasteiger partial charge is 0.151 e. The zero-order chi connectivity index (χ0) is 13.5. The van der Waals surface area contributed by atoms with Gasteiger partial charge in [0.2, 0.25) is 0 Å². The van der Waals surface area contributed by atoms with Crippen molar-refractivity contribution in [3.63, 3.8) is 0 Å². The number of carbonyl (C=O) groups excluding carboxylic acids is 1. The van der Waals surface area contributed by atoms with Gasteiger partial charge in [-0.3, -0.25) is 4.79 Å². The molecule has 1 atom stereocenters. The summed E-state index contributed by atoms with van der Waals surface area (Å²) in [6.07, 6.45) is 5.79. The van der Waals surface area contributed by atoms with Crippen LogP contribution in [0.1, 0.15) is 22.5 Å². The minimum atomic E-state index is -2.84.